The molecule has 2 rings (SSSR count). The van der Waals surface area contributed by atoms with E-state index in [0.29, 0.717) is 13.2 Å². The van der Waals surface area contributed by atoms with Gasteiger partial charge in [0.15, 0.2) is 0 Å². The zero-order valence-electron chi connectivity index (χ0n) is 11.9. The molecule has 0 aliphatic heterocycles. The highest BCUT2D eigenvalue weighted by Gasteiger charge is 2.05. The van der Waals surface area contributed by atoms with E-state index in [-0.39, 0.29) is 0 Å². The Kier molecular flexibility index (Phi) is 5.73. The van der Waals surface area contributed by atoms with Crippen molar-refractivity contribution in [1.29, 1.82) is 0 Å². The summed E-state index contributed by atoms with van der Waals surface area (Å²) in [7, 11) is 1.59. The van der Waals surface area contributed by atoms with Crippen LogP contribution in [0.3, 0.4) is 0 Å². The van der Waals surface area contributed by atoms with Gasteiger partial charge in [-0.15, -0.1) is 11.3 Å². The van der Waals surface area contributed by atoms with Crippen molar-refractivity contribution in [2.24, 2.45) is 0 Å². The number of methoxy groups -OCH3 is 1. The number of nitrogens with one attached hydrogen (secondary N) is 1. The lowest BCUT2D eigenvalue weighted by Gasteiger charge is -2.09. The van der Waals surface area contributed by atoms with Gasteiger partial charge in [0, 0.05) is 30.0 Å². The summed E-state index contributed by atoms with van der Waals surface area (Å²) in [6.07, 6.45) is -0.448. The fraction of sp³-hybridized carbons (Fsp3) is 0.375. The number of aliphatic hydroxyl groups is 1. The van der Waals surface area contributed by atoms with Gasteiger partial charge in [0.2, 0.25) is 0 Å². The predicted molar refractivity (Wildman–Crippen MR) is 84.1 cm³/mol. The van der Waals surface area contributed by atoms with Crippen LogP contribution in [0.4, 0.5) is 0 Å². The first-order chi connectivity index (χ1) is 9.69. The van der Waals surface area contributed by atoms with Gasteiger partial charge in [-0.1, -0.05) is 29.8 Å². The van der Waals surface area contributed by atoms with E-state index in [1.807, 2.05) is 0 Å². The molecule has 0 fully saturated rings. The first kappa shape index (κ1) is 15.2. The van der Waals surface area contributed by atoms with Crippen LogP contribution in [-0.2, 0) is 11.3 Å². The first-order valence-corrected chi connectivity index (χ1v) is 7.54. The highest BCUT2D eigenvalue weighted by Crippen LogP contribution is 2.28. The van der Waals surface area contributed by atoms with Crippen LogP contribution in [-0.4, -0.2) is 31.5 Å². The van der Waals surface area contributed by atoms with Crippen LogP contribution in [0.2, 0.25) is 0 Å². The fourth-order valence-corrected chi connectivity index (χ4v) is 2.94. The number of rotatable bonds is 7. The molecule has 20 heavy (non-hydrogen) atoms. The van der Waals surface area contributed by atoms with Gasteiger partial charge >= 0.3 is 0 Å². The number of hydrogen-bond acceptors (Lipinski definition) is 4. The third-order valence-corrected chi connectivity index (χ3v) is 4.17. The summed E-state index contributed by atoms with van der Waals surface area (Å²) in [4.78, 5) is 2.55. The second-order valence-electron chi connectivity index (χ2n) is 4.87. The summed E-state index contributed by atoms with van der Waals surface area (Å²) in [5, 5.41) is 12.8. The molecule has 0 bridgehead atoms. The van der Waals surface area contributed by atoms with Crippen LogP contribution in [0, 0.1) is 6.92 Å². The molecular weight excluding hydrogens is 270 g/mol. The maximum absolute atomic E-state index is 9.55. The molecule has 0 spiro atoms. The van der Waals surface area contributed by atoms with E-state index in [4.69, 9.17) is 4.74 Å². The Balaban J connectivity index is 1.87. The van der Waals surface area contributed by atoms with Gasteiger partial charge in [0.05, 0.1) is 12.7 Å². The summed E-state index contributed by atoms with van der Waals surface area (Å²) in [5.41, 5.74) is 2.53. The third kappa shape index (κ3) is 4.42. The predicted octanol–water partition coefficient (Wildman–Crippen LogP) is 2.82. The van der Waals surface area contributed by atoms with Crippen LogP contribution < -0.4 is 5.32 Å². The van der Waals surface area contributed by atoms with Gasteiger partial charge in [-0.05, 0) is 24.6 Å². The van der Waals surface area contributed by atoms with Gasteiger partial charge in [0.1, 0.15) is 0 Å². The average Bonchev–Trinajstić information content (AvgIpc) is 2.89. The Hall–Kier alpha value is -1.20. The van der Waals surface area contributed by atoms with Crippen molar-refractivity contribution in [2.45, 2.75) is 19.6 Å². The molecule has 0 aliphatic rings. The summed E-state index contributed by atoms with van der Waals surface area (Å²) >= 11 is 1.78. The van der Waals surface area contributed by atoms with Crippen molar-refractivity contribution in [3.8, 4) is 10.4 Å². The molecule has 4 heteroatoms. The van der Waals surface area contributed by atoms with Gasteiger partial charge in [-0.2, -0.15) is 0 Å². The minimum absolute atomic E-state index is 0.367. The van der Waals surface area contributed by atoms with Crippen LogP contribution in [0.15, 0.2) is 36.4 Å². The first-order valence-electron chi connectivity index (χ1n) is 6.72. The Labute approximate surface area is 124 Å². The molecule has 0 amide bonds. The SMILES string of the molecule is COCC(O)CNCc1ccc(-c2ccc(C)cc2)s1. The van der Waals surface area contributed by atoms with Gasteiger partial charge in [-0.3, -0.25) is 0 Å². The van der Waals surface area contributed by atoms with E-state index in [9.17, 15) is 5.11 Å². The van der Waals surface area contributed by atoms with Crippen LogP contribution in [0.1, 0.15) is 10.4 Å². The Morgan fingerprint density at radius 3 is 2.65 bits per heavy atom. The maximum Gasteiger partial charge on any atom is 0.0897 e. The zero-order chi connectivity index (χ0) is 14.4. The maximum atomic E-state index is 9.55. The lowest BCUT2D eigenvalue weighted by Crippen LogP contribution is -2.29. The largest absolute Gasteiger partial charge is 0.389 e. The second kappa shape index (κ2) is 7.55. The Morgan fingerprint density at radius 1 is 1.20 bits per heavy atom. The van der Waals surface area contributed by atoms with Crippen molar-refractivity contribution in [3.05, 3.63) is 46.8 Å². The van der Waals surface area contributed by atoms with E-state index < -0.39 is 6.10 Å². The minimum atomic E-state index is -0.448. The van der Waals surface area contributed by atoms with Crippen molar-refractivity contribution in [1.82, 2.24) is 5.32 Å². The minimum Gasteiger partial charge on any atom is -0.389 e. The molecule has 3 nitrogen and oxygen atoms in total. The topological polar surface area (TPSA) is 41.5 Å². The lowest BCUT2D eigenvalue weighted by atomic mass is 10.1. The molecular formula is C16H21NO2S. The van der Waals surface area contributed by atoms with E-state index in [1.54, 1.807) is 18.4 Å². The molecule has 1 aromatic heterocycles. The summed E-state index contributed by atoms with van der Waals surface area (Å²) in [5.74, 6) is 0. The smallest absolute Gasteiger partial charge is 0.0897 e. The van der Waals surface area contributed by atoms with Crippen molar-refractivity contribution in [3.63, 3.8) is 0 Å². The number of aliphatic hydroxyl groups excluding tert-OH is 1. The molecule has 108 valence electrons. The monoisotopic (exact) mass is 291 g/mol. The number of benzene rings is 1. The number of hydrogen-bond donors (Lipinski definition) is 2. The summed E-state index contributed by atoms with van der Waals surface area (Å²) in [6, 6.07) is 12.9. The van der Waals surface area contributed by atoms with Crippen LogP contribution >= 0.6 is 11.3 Å². The van der Waals surface area contributed by atoms with Crippen molar-refractivity contribution in [2.75, 3.05) is 20.3 Å². The molecule has 2 N–H and O–H groups in total. The zero-order valence-corrected chi connectivity index (χ0v) is 12.7. The number of ether oxygens (including phenoxy) is 1. The molecule has 0 radical (unpaired) electrons. The van der Waals surface area contributed by atoms with Gasteiger partial charge < -0.3 is 15.2 Å². The molecule has 0 aliphatic carbocycles. The lowest BCUT2D eigenvalue weighted by molar-refractivity contribution is 0.0644. The van der Waals surface area contributed by atoms with Crippen LogP contribution in [0.25, 0.3) is 10.4 Å². The highest BCUT2D eigenvalue weighted by molar-refractivity contribution is 7.15. The van der Waals surface area contributed by atoms with E-state index in [0.717, 1.165) is 6.54 Å². The fourth-order valence-electron chi connectivity index (χ4n) is 1.96. The third-order valence-electron chi connectivity index (χ3n) is 3.04. The van der Waals surface area contributed by atoms with E-state index >= 15 is 0 Å². The highest BCUT2D eigenvalue weighted by atomic mass is 32.1. The molecule has 1 unspecified atom stereocenters. The normalized spacial score (nSPS) is 12.6. The number of thiophene rings is 1. The molecule has 1 heterocycles. The molecule has 2 aromatic rings. The van der Waals surface area contributed by atoms with E-state index in [1.165, 1.54) is 20.9 Å². The summed E-state index contributed by atoms with van der Waals surface area (Å²) in [6.45, 7) is 3.79. The average molecular weight is 291 g/mol. The van der Waals surface area contributed by atoms with Crippen LogP contribution in [0.5, 0.6) is 0 Å². The second-order valence-corrected chi connectivity index (χ2v) is 6.04. The Bertz CT molecular complexity index is 522. The number of aryl methyl sites for hydroxylation is 1. The van der Waals surface area contributed by atoms with Gasteiger partial charge in [-0.25, -0.2) is 0 Å². The Morgan fingerprint density at radius 2 is 1.95 bits per heavy atom. The summed E-state index contributed by atoms with van der Waals surface area (Å²) < 4.78 is 4.89. The van der Waals surface area contributed by atoms with Gasteiger partial charge in [0.25, 0.3) is 0 Å². The van der Waals surface area contributed by atoms with E-state index in [2.05, 4.69) is 48.6 Å². The molecule has 0 saturated heterocycles. The molecule has 1 atom stereocenters. The molecule has 0 saturated carbocycles. The standard InChI is InChI=1S/C16H21NO2S/c1-12-3-5-13(6-4-12)16-8-7-15(20-16)10-17-9-14(18)11-19-2/h3-8,14,17-18H,9-11H2,1-2H3. The van der Waals surface area contributed by atoms with Crippen molar-refractivity contribution >= 4 is 11.3 Å². The molecule has 1 aromatic carbocycles. The quantitative estimate of drug-likeness (QED) is 0.824. The van der Waals surface area contributed by atoms with Crippen molar-refractivity contribution < 1.29 is 9.84 Å².